The molecular weight excluding hydrogens is 224 g/mol. The minimum atomic E-state index is -0.739. The molecule has 4 bridgehead atoms. The Morgan fingerprint density at radius 1 is 1.11 bits per heavy atom. The Labute approximate surface area is 110 Å². The Morgan fingerprint density at radius 3 is 2.00 bits per heavy atom. The maximum absolute atomic E-state index is 11.9. The van der Waals surface area contributed by atoms with Gasteiger partial charge in [-0.1, -0.05) is 13.3 Å². The molecule has 4 saturated carbocycles. The second-order valence-corrected chi connectivity index (χ2v) is 7.11. The Hall–Kier alpha value is -0.570. The lowest BCUT2D eigenvalue weighted by molar-refractivity contribution is -0.135. The second kappa shape index (κ2) is 4.22. The summed E-state index contributed by atoms with van der Waals surface area (Å²) in [6.45, 7) is 2.10. The van der Waals surface area contributed by atoms with Gasteiger partial charge in [0.05, 0.1) is 5.54 Å². The lowest BCUT2D eigenvalue weighted by Gasteiger charge is -2.58. The molecule has 0 radical (unpaired) electrons. The van der Waals surface area contributed by atoms with E-state index >= 15 is 0 Å². The van der Waals surface area contributed by atoms with Crippen LogP contribution >= 0.6 is 0 Å². The second-order valence-electron chi connectivity index (χ2n) is 7.11. The third kappa shape index (κ3) is 1.70. The summed E-state index contributed by atoms with van der Waals surface area (Å²) in [5.74, 6) is 3.28. The van der Waals surface area contributed by atoms with Crippen molar-refractivity contribution in [3.05, 3.63) is 0 Å². The van der Waals surface area contributed by atoms with Gasteiger partial charge in [0, 0.05) is 0 Å². The molecule has 0 aromatic rings. The molecule has 4 aliphatic rings. The molecule has 0 spiro atoms. The molecule has 1 amide bonds. The van der Waals surface area contributed by atoms with Crippen molar-refractivity contribution < 1.29 is 4.79 Å². The van der Waals surface area contributed by atoms with Crippen molar-refractivity contribution in [3.8, 4) is 0 Å². The van der Waals surface area contributed by atoms with E-state index in [1.54, 1.807) is 0 Å². The molecule has 3 nitrogen and oxygen atoms in total. The number of hydrogen-bond donors (Lipinski definition) is 2. The van der Waals surface area contributed by atoms with Gasteiger partial charge in [0.25, 0.3) is 0 Å². The first-order chi connectivity index (χ1) is 8.54. The molecule has 18 heavy (non-hydrogen) atoms. The molecule has 4 rings (SSSR count). The first-order valence-electron chi connectivity index (χ1n) is 7.63. The largest absolute Gasteiger partial charge is 0.368 e. The quantitative estimate of drug-likeness (QED) is 0.801. The maximum Gasteiger partial charge on any atom is 0.237 e. The average Bonchev–Trinajstić information content (AvgIpc) is 2.27. The van der Waals surface area contributed by atoms with Gasteiger partial charge in [-0.2, -0.15) is 0 Å². The van der Waals surface area contributed by atoms with Gasteiger partial charge in [-0.05, 0) is 68.1 Å². The van der Waals surface area contributed by atoms with E-state index in [4.69, 9.17) is 11.5 Å². The van der Waals surface area contributed by atoms with Crippen molar-refractivity contribution >= 4 is 5.91 Å². The molecule has 0 aromatic carbocycles. The van der Waals surface area contributed by atoms with Crippen LogP contribution < -0.4 is 11.5 Å². The van der Waals surface area contributed by atoms with Crippen LogP contribution in [0.2, 0.25) is 0 Å². The lowest BCUT2D eigenvalue weighted by atomic mass is 9.48. The molecule has 4 aliphatic carbocycles. The normalized spacial score (nSPS) is 44.9. The van der Waals surface area contributed by atoms with Gasteiger partial charge >= 0.3 is 0 Å². The summed E-state index contributed by atoms with van der Waals surface area (Å²) < 4.78 is 0. The molecular formula is C15H26N2O. The van der Waals surface area contributed by atoms with Crippen LogP contribution in [0.4, 0.5) is 0 Å². The Balaban J connectivity index is 1.88. The zero-order valence-corrected chi connectivity index (χ0v) is 11.4. The highest BCUT2D eigenvalue weighted by atomic mass is 16.1. The van der Waals surface area contributed by atoms with E-state index in [2.05, 4.69) is 6.92 Å². The highest BCUT2D eigenvalue weighted by Crippen LogP contribution is 2.59. The highest BCUT2D eigenvalue weighted by molar-refractivity contribution is 5.85. The Kier molecular flexibility index (Phi) is 2.92. The van der Waals surface area contributed by atoms with Crippen molar-refractivity contribution in [2.75, 3.05) is 0 Å². The molecule has 1 unspecified atom stereocenters. The summed E-state index contributed by atoms with van der Waals surface area (Å²) in [5, 5.41) is 0. The van der Waals surface area contributed by atoms with Crippen LogP contribution in [0.15, 0.2) is 0 Å². The summed E-state index contributed by atoms with van der Waals surface area (Å²) in [6, 6.07) is 0. The number of primary amides is 1. The number of carbonyl (C=O) groups is 1. The predicted octanol–water partition coefficient (Wildman–Crippen LogP) is 2.04. The molecule has 0 saturated heterocycles. The molecule has 4 fully saturated rings. The number of nitrogens with two attached hydrogens (primary N) is 2. The van der Waals surface area contributed by atoms with E-state index in [-0.39, 0.29) is 5.91 Å². The van der Waals surface area contributed by atoms with Crippen LogP contribution in [-0.2, 0) is 4.79 Å². The maximum atomic E-state index is 11.9. The van der Waals surface area contributed by atoms with Crippen LogP contribution in [0.3, 0.4) is 0 Å². The number of hydrogen-bond acceptors (Lipinski definition) is 2. The van der Waals surface area contributed by atoms with Gasteiger partial charge < -0.3 is 11.5 Å². The fraction of sp³-hybridized carbons (Fsp3) is 0.933. The van der Waals surface area contributed by atoms with Gasteiger partial charge in [-0.3, -0.25) is 4.79 Å². The molecule has 1 atom stereocenters. The monoisotopic (exact) mass is 250 g/mol. The minimum absolute atomic E-state index is 0.262. The summed E-state index contributed by atoms with van der Waals surface area (Å²) in [4.78, 5) is 11.9. The van der Waals surface area contributed by atoms with Crippen LogP contribution in [0.5, 0.6) is 0 Å². The van der Waals surface area contributed by atoms with Gasteiger partial charge in [0.1, 0.15) is 0 Å². The van der Waals surface area contributed by atoms with Gasteiger partial charge in [-0.25, -0.2) is 0 Å². The van der Waals surface area contributed by atoms with Gasteiger partial charge in [0.2, 0.25) is 5.91 Å². The zero-order valence-electron chi connectivity index (χ0n) is 11.4. The number of carbonyl (C=O) groups excluding carboxylic acids is 1. The molecule has 4 N–H and O–H groups in total. The molecule has 0 aromatic heterocycles. The molecule has 0 heterocycles. The SMILES string of the molecule is CCCC(N)(C(N)=O)C1C2CC3CC(C2)CC1C3. The standard InChI is InChI=1S/C15H26N2O/c1-2-3-15(17,14(16)18)13-11-5-9-4-10(7-11)8-12(13)6-9/h9-13H,2-8,17H2,1H3,(H2,16,18). The first kappa shape index (κ1) is 12.5. The molecule has 3 heteroatoms. The fourth-order valence-corrected chi connectivity index (χ4v) is 5.63. The lowest BCUT2D eigenvalue weighted by Crippen LogP contribution is -2.64. The van der Waals surface area contributed by atoms with Crippen molar-refractivity contribution in [2.45, 2.75) is 57.4 Å². The van der Waals surface area contributed by atoms with Crippen LogP contribution in [0.1, 0.15) is 51.9 Å². The summed E-state index contributed by atoms with van der Waals surface area (Å²) in [5.41, 5.74) is 11.4. The van der Waals surface area contributed by atoms with Crippen molar-refractivity contribution in [1.82, 2.24) is 0 Å². The van der Waals surface area contributed by atoms with Gasteiger partial charge in [-0.15, -0.1) is 0 Å². The van der Waals surface area contributed by atoms with E-state index in [0.29, 0.717) is 17.8 Å². The predicted molar refractivity (Wildman–Crippen MR) is 71.6 cm³/mol. The average molecular weight is 250 g/mol. The van der Waals surface area contributed by atoms with Crippen LogP contribution in [0, 0.1) is 29.6 Å². The summed E-state index contributed by atoms with van der Waals surface area (Å²) >= 11 is 0. The van der Waals surface area contributed by atoms with Crippen molar-refractivity contribution in [1.29, 1.82) is 0 Å². The van der Waals surface area contributed by atoms with Crippen molar-refractivity contribution in [3.63, 3.8) is 0 Å². The summed E-state index contributed by atoms with van der Waals surface area (Å²) in [7, 11) is 0. The Morgan fingerprint density at radius 2 is 1.61 bits per heavy atom. The van der Waals surface area contributed by atoms with E-state index in [1.165, 1.54) is 32.1 Å². The number of amides is 1. The van der Waals surface area contributed by atoms with E-state index in [9.17, 15) is 4.79 Å². The molecule has 102 valence electrons. The highest BCUT2D eigenvalue weighted by Gasteiger charge is 2.56. The Bertz CT molecular complexity index is 326. The molecule has 0 aliphatic heterocycles. The smallest absolute Gasteiger partial charge is 0.237 e. The minimum Gasteiger partial charge on any atom is -0.368 e. The number of rotatable bonds is 4. The van der Waals surface area contributed by atoms with E-state index in [1.807, 2.05) is 0 Å². The zero-order chi connectivity index (χ0) is 12.9. The van der Waals surface area contributed by atoms with Crippen LogP contribution in [-0.4, -0.2) is 11.4 Å². The first-order valence-corrected chi connectivity index (χ1v) is 7.63. The van der Waals surface area contributed by atoms with E-state index < -0.39 is 5.54 Å². The summed E-state index contributed by atoms with van der Waals surface area (Å²) in [6.07, 6.45) is 8.33. The van der Waals surface area contributed by atoms with Gasteiger partial charge in [0.15, 0.2) is 0 Å². The van der Waals surface area contributed by atoms with Crippen LogP contribution in [0.25, 0.3) is 0 Å². The fourth-order valence-electron chi connectivity index (χ4n) is 5.63. The third-order valence-corrected chi connectivity index (χ3v) is 5.94. The topological polar surface area (TPSA) is 69.1 Å². The third-order valence-electron chi connectivity index (χ3n) is 5.94. The van der Waals surface area contributed by atoms with E-state index in [0.717, 1.165) is 24.7 Å². The van der Waals surface area contributed by atoms with Crippen molar-refractivity contribution in [2.24, 2.45) is 41.1 Å².